The summed E-state index contributed by atoms with van der Waals surface area (Å²) in [6.45, 7) is 4.06. The van der Waals surface area contributed by atoms with Crippen molar-refractivity contribution >= 4 is 23.2 Å². The number of hydrogen-bond acceptors (Lipinski definition) is 4. The number of benzene rings is 2. The maximum atomic E-state index is 12.7. The highest BCUT2D eigenvalue weighted by atomic mass is 16.2. The Labute approximate surface area is 194 Å². The first-order chi connectivity index (χ1) is 16.2. The number of imidazole rings is 1. The summed E-state index contributed by atoms with van der Waals surface area (Å²) in [7, 11) is 0. The molecule has 0 radical (unpaired) electrons. The minimum absolute atomic E-state index is 0.110. The number of amides is 2. The van der Waals surface area contributed by atoms with Crippen LogP contribution < -0.4 is 10.6 Å². The van der Waals surface area contributed by atoms with E-state index in [0.717, 1.165) is 18.7 Å². The third kappa shape index (κ3) is 7.02. The summed E-state index contributed by atoms with van der Waals surface area (Å²) in [5, 5.41) is 5.80. The third-order valence-electron chi connectivity index (χ3n) is 5.94. The standard InChI is InChI=1S/C26H31N5O2/c32-25(12-17-31-18-13-27-20-31)28-24-6-4-5-22(19-24)26(33)29-23-9-7-21(8-10-23)11-16-30-14-2-1-3-15-30/h4-10,13,18-20H,1-3,11-12,14-17H2,(H,28,32)(H,29,33). The molecular weight excluding hydrogens is 414 g/mol. The van der Waals surface area contributed by atoms with E-state index in [1.54, 1.807) is 36.8 Å². The summed E-state index contributed by atoms with van der Waals surface area (Å²) in [5.41, 5.74) is 3.14. The Hall–Kier alpha value is -3.45. The number of nitrogens with one attached hydrogen (secondary N) is 2. The molecule has 4 rings (SSSR count). The van der Waals surface area contributed by atoms with Gasteiger partial charge in [-0.2, -0.15) is 0 Å². The van der Waals surface area contributed by atoms with Gasteiger partial charge in [-0.15, -0.1) is 0 Å². The van der Waals surface area contributed by atoms with Gasteiger partial charge in [-0.05, 0) is 68.2 Å². The average molecular weight is 446 g/mol. The molecule has 0 unspecified atom stereocenters. The van der Waals surface area contributed by atoms with Crippen LogP contribution in [0.3, 0.4) is 0 Å². The van der Waals surface area contributed by atoms with E-state index < -0.39 is 0 Å². The van der Waals surface area contributed by atoms with Crippen LogP contribution in [0.2, 0.25) is 0 Å². The van der Waals surface area contributed by atoms with Gasteiger partial charge in [0.15, 0.2) is 0 Å². The van der Waals surface area contributed by atoms with Crippen LogP contribution in [0.5, 0.6) is 0 Å². The Kier molecular flexibility index (Phi) is 7.87. The quantitative estimate of drug-likeness (QED) is 0.518. The molecule has 0 atom stereocenters. The van der Waals surface area contributed by atoms with Crippen LogP contribution in [0.4, 0.5) is 11.4 Å². The number of rotatable bonds is 9. The fourth-order valence-electron chi connectivity index (χ4n) is 4.04. The summed E-state index contributed by atoms with van der Waals surface area (Å²) < 4.78 is 1.85. The first-order valence-electron chi connectivity index (χ1n) is 11.6. The molecule has 172 valence electrons. The number of anilines is 2. The van der Waals surface area contributed by atoms with Gasteiger partial charge in [0.25, 0.3) is 5.91 Å². The van der Waals surface area contributed by atoms with Crippen LogP contribution in [-0.2, 0) is 17.8 Å². The number of carbonyl (C=O) groups excluding carboxylic acids is 2. The first-order valence-corrected chi connectivity index (χ1v) is 11.6. The van der Waals surface area contributed by atoms with Gasteiger partial charge in [0, 0.05) is 48.8 Å². The van der Waals surface area contributed by atoms with Crippen molar-refractivity contribution in [2.75, 3.05) is 30.3 Å². The molecule has 0 spiro atoms. The molecule has 2 amide bonds. The van der Waals surface area contributed by atoms with Crippen LogP contribution in [-0.4, -0.2) is 45.9 Å². The van der Waals surface area contributed by atoms with E-state index in [0.29, 0.717) is 24.2 Å². The number of carbonyl (C=O) groups is 2. The lowest BCUT2D eigenvalue weighted by molar-refractivity contribution is -0.116. The Morgan fingerprint density at radius 1 is 0.909 bits per heavy atom. The van der Waals surface area contributed by atoms with Crippen molar-refractivity contribution in [2.45, 2.75) is 38.6 Å². The maximum absolute atomic E-state index is 12.7. The molecule has 1 aromatic heterocycles. The molecule has 3 aromatic rings. The van der Waals surface area contributed by atoms with Gasteiger partial charge >= 0.3 is 0 Å². The molecule has 1 aliphatic rings. The average Bonchev–Trinajstić information content (AvgIpc) is 3.37. The third-order valence-corrected chi connectivity index (χ3v) is 5.94. The molecular formula is C26H31N5O2. The number of likely N-dealkylation sites (tertiary alicyclic amines) is 1. The van der Waals surface area contributed by atoms with Gasteiger partial charge in [-0.1, -0.05) is 24.6 Å². The Balaban J connectivity index is 1.26. The topological polar surface area (TPSA) is 79.3 Å². The summed E-state index contributed by atoms with van der Waals surface area (Å²) in [5.74, 6) is -0.313. The fourth-order valence-corrected chi connectivity index (χ4v) is 4.04. The molecule has 7 heteroatoms. The van der Waals surface area contributed by atoms with Crippen LogP contribution in [0.15, 0.2) is 67.3 Å². The van der Waals surface area contributed by atoms with Gasteiger partial charge in [-0.25, -0.2) is 4.98 Å². The fraction of sp³-hybridized carbons (Fsp3) is 0.346. The van der Waals surface area contributed by atoms with Gasteiger partial charge in [0.05, 0.1) is 6.33 Å². The predicted octanol–water partition coefficient (Wildman–Crippen LogP) is 4.19. The zero-order valence-electron chi connectivity index (χ0n) is 18.9. The Morgan fingerprint density at radius 2 is 1.73 bits per heavy atom. The Morgan fingerprint density at radius 3 is 2.48 bits per heavy atom. The summed E-state index contributed by atoms with van der Waals surface area (Å²) in [6.07, 6.45) is 10.5. The second-order valence-corrected chi connectivity index (χ2v) is 8.48. The van der Waals surface area contributed by atoms with E-state index in [1.165, 1.54) is 37.9 Å². The van der Waals surface area contributed by atoms with Gasteiger partial charge in [0.2, 0.25) is 5.91 Å². The molecule has 2 aromatic carbocycles. The highest BCUT2D eigenvalue weighted by Gasteiger charge is 2.11. The minimum Gasteiger partial charge on any atom is -0.337 e. The van der Waals surface area contributed by atoms with E-state index in [-0.39, 0.29) is 11.8 Å². The van der Waals surface area contributed by atoms with E-state index in [1.807, 2.05) is 22.9 Å². The van der Waals surface area contributed by atoms with Crippen molar-refractivity contribution < 1.29 is 9.59 Å². The predicted molar refractivity (Wildman–Crippen MR) is 130 cm³/mol. The van der Waals surface area contributed by atoms with Gasteiger partial charge in [0.1, 0.15) is 0 Å². The second kappa shape index (κ2) is 11.4. The van der Waals surface area contributed by atoms with Crippen LogP contribution in [0.25, 0.3) is 0 Å². The lowest BCUT2D eigenvalue weighted by Crippen LogP contribution is -2.31. The smallest absolute Gasteiger partial charge is 0.255 e. The SMILES string of the molecule is O=C(CCn1ccnc1)Nc1cccc(C(=O)Nc2ccc(CCN3CCCCC3)cc2)c1. The van der Waals surface area contributed by atoms with Crippen LogP contribution >= 0.6 is 0 Å². The van der Waals surface area contributed by atoms with Crippen molar-refractivity contribution in [3.63, 3.8) is 0 Å². The van der Waals surface area contributed by atoms with Crippen molar-refractivity contribution in [1.82, 2.24) is 14.5 Å². The molecule has 0 bridgehead atoms. The van der Waals surface area contributed by atoms with Crippen molar-refractivity contribution in [2.24, 2.45) is 0 Å². The van der Waals surface area contributed by atoms with Crippen LogP contribution in [0, 0.1) is 0 Å². The summed E-state index contributed by atoms with van der Waals surface area (Å²) in [6, 6.07) is 15.0. The molecule has 1 saturated heterocycles. The number of aryl methyl sites for hydroxylation is 1. The molecule has 7 nitrogen and oxygen atoms in total. The zero-order valence-corrected chi connectivity index (χ0v) is 18.9. The number of piperidine rings is 1. The molecule has 2 N–H and O–H groups in total. The maximum Gasteiger partial charge on any atom is 0.255 e. The van der Waals surface area contributed by atoms with Gasteiger partial charge in [-0.3, -0.25) is 9.59 Å². The number of nitrogens with zero attached hydrogens (tertiary/aromatic N) is 3. The first kappa shape index (κ1) is 22.7. The molecule has 1 aliphatic heterocycles. The zero-order chi connectivity index (χ0) is 22.9. The lowest BCUT2D eigenvalue weighted by atomic mass is 10.1. The van der Waals surface area contributed by atoms with E-state index >= 15 is 0 Å². The number of hydrogen-bond donors (Lipinski definition) is 2. The van der Waals surface area contributed by atoms with Crippen molar-refractivity contribution in [3.8, 4) is 0 Å². The largest absolute Gasteiger partial charge is 0.337 e. The number of aromatic nitrogens is 2. The van der Waals surface area contributed by atoms with Gasteiger partial charge < -0.3 is 20.1 Å². The molecule has 1 fully saturated rings. The molecule has 0 aliphatic carbocycles. The lowest BCUT2D eigenvalue weighted by Gasteiger charge is -2.26. The molecule has 0 saturated carbocycles. The highest BCUT2D eigenvalue weighted by molar-refractivity contribution is 6.05. The van der Waals surface area contributed by atoms with E-state index in [9.17, 15) is 9.59 Å². The van der Waals surface area contributed by atoms with E-state index in [2.05, 4.69) is 32.7 Å². The molecule has 33 heavy (non-hydrogen) atoms. The molecule has 2 heterocycles. The normalized spacial score (nSPS) is 14.1. The highest BCUT2D eigenvalue weighted by Crippen LogP contribution is 2.16. The van der Waals surface area contributed by atoms with Crippen molar-refractivity contribution in [1.29, 1.82) is 0 Å². The summed E-state index contributed by atoms with van der Waals surface area (Å²) >= 11 is 0. The second-order valence-electron chi connectivity index (χ2n) is 8.48. The summed E-state index contributed by atoms with van der Waals surface area (Å²) in [4.78, 5) is 31.4. The van der Waals surface area contributed by atoms with E-state index in [4.69, 9.17) is 0 Å². The van der Waals surface area contributed by atoms with Crippen LogP contribution in [0.1, 0.15) is 41.6 Å². The van der Waals surface area contributed by atoms with Crippen molar-refractivity contribution in [3.05, 3.63) is 78.4 Å². The monoisotopic (exact) mass is 445 g/mol. The Bertz CT molecular complexity index is 1040. The minimum atomic E-state index is -0.203.